The molecule has 35 heavy (non-hydrogen) atoms. The minimum Gasteiger partial charge on any atom is -0.370 e. The molecule has 11 heteroatoms. The average Bonchev–Trinajstić information content (AvgIpc) is 3.40. The zero-order valence-corrected chi connectivity index (χ0v) is 20.5. The molecule has 2 amide bonds. The van der Waals surface area contributed by atoms with Crippen LogP contribution in [0.15, 0.2) is 46.9 Å². The molecule has 1 aromatic heterocycles. The van der Waals surface area contributed by atoms with E-state index in [1.165, 1.54) is 11.3 Å². The number of amides is 2. The summed E-state index contributed by atoms with van der Waals surface area (Å²) >= 11 is 1.22. The molecule has 1 aliphatic heterocycles. The predicted octanol–water partition coefficient (Wildman–Crippen LogP) is 0.815. The third-order valence-electron chi connectivity index (χ3n) is 5.93. The molecule has 2 heterocycles. The summed E-state index contributed by atoms with van der Waals surface area (Å²) in [6.45, 7) is 0.789. The number of nitrogens with zero attached hydrogens (tertiary/aromatic N) is 3. The molecule has 1 fully saturated rings. The molecule has 188 valence electrons. The first-order chi connectivity index (χ1) is 16.9. The standard InChI is InChI=1S/C24H33N7O3S/c25-17(15-16-7-2-1-3-8-16)23(34)31-13-5-4-10-19(31)21(33)30-18(9-6-11-29-24(26)27)20(32)22-28-12-14-35-22/h1-3,7-8,12,14,17-19H,4-6,9-11,13,15,25H2,(H,30,33)(H4,26,27,29)/t17-,18-,19+/m1/s1. The SMILES string of the molecule is NC(N)=NCCC[C@@H](NC(=O)[C@@H]1CCCCN1C(=O)[C@H](N)Cc1ccccc1)C(=O)c1nccs1. The lowest BCUT2D eigenvalue weighted by atomic mass is 9.97. The summed E-state index contributed by atoms with van der Waals surface area (Å²) in [5.41, 5.74) is 18.0. The Morgan fingerprint density at radius 1 is 1.20 bits per heavy atom. The zero-order valence-electron chi connectivity index (χ0n) is 19.6. The number of benzene rings is 1. The van der Waals surface area contributed by atoms with Crippen molar-refractivity contribution >= 4 is 34.9 Å². The van der Waals surface area contributed by atoms with Crippen LogP contribution in [0.1, 0.15) is 47.5 Å². The van der Waals surface area contributed by atoms with E-state index in [0.717, 1.165) is 18.4 Å². The van der Waals surface area contributed by atoms with Gasteiger partial charge in [0.2, 0.25) is 17.6 Å². The number of likely N-dealkylation sites (tertiary alicyclic amines) is 1. The van der Waals surface area contributed by atoms with Crippen molar-refractivity contribution in [2.45, 2.75) is 56.7 Å². The third kappa shape index (κ3) is 7.59. The Balaban J connectivity index is 1.69. The van der Waals surface area contributed by atoms with Gasteiger partial charge in [-0.1, -0.05) is 30.3 Å². The van der Waals surface area contributed by atoms with Gasteiger partial charge in [0.05, 0.1) is 12.1 Å². The first-order valence-electron chi connectivity index (χ1n) is 11.8. The van der Waals surface area contributed by atoms with Crippen LogP contribution in [0.4, 0.5) is 0 Å². The molecule has 10 nitrogen and oxygen atoms in total. The maximum atomic E-state index is 13.3. The maximum Gasteiger partial charge on any atom is 0.243 e. The lowest BCUT2D eigenvalue weighted by Crippen LogP contribution is -2.58. The van der Waals surface area contributed by atoms with Crippen LogP contribution in [0.25, 0.3) is 0 Å². The normalized spacial score (nSPS) is 17.3. The number of ketones is 1. The number of hydrogen-bond acceptors (Lipinski definition) is 7. The first-order valence-corrected chi connectivity index (χ1v) is 12.6. The van der Waals surface area contributed by atoms with Gasteiger partial charge >= 0.3 is 0 Å². The number of rotatable bonds is 11. The highest BCUT2D eigenvalue weighted by atomic mass is 32.1. The van der Waals surface area contributed by atoms with E-state index in [4.69, 9.17) is 17.2 Å². The van der Waals surface area contributed by atoms with E-state index >= 15 is 0 Å². The van der Waals surface area contributed by atoms with Crippen LogP contribution in [0.5, 0.6) is 0 Å². The first kappa shape index (κ1) is 26.3. The molecule has 2 aromatic rings. The number of Topliss-reactive ketones (excluding diaryl/α,β-unsaturated/α-hetero) is 1. The second-order valence-electron chi connectivity index (χ2n) is 8.55. The van der Waals surface area contributed by atoms with E-state index < -0.39 is 18.1 Å². The Labute approximate surface area is 209 Å². The predicted molar refractivity (Wildman–Crippen MR) is 136 cm³/mol. The number of guanidine groups is 1. The van der Waals surface area contributed by atoms with Crippen molar-refractivity contribution < 1.29 is 14.4 Å². The van der Waals surface area contributed by atoms with Crippen molar-refractivity contribution in [3.8, 4) is 0 Å². The Kier molecular flexibility index (Phi) is 9.74. The Hall–Kier alpha value is -3.31. The molecule has 1 aliphatic rings. The van der Waals surface area contributed by atoms with Gasteiger partial charge in [0, 0.05) is 24.7 Å². The monoisotopic (exact) mass is 499 g/mol. The van der Waals surface area contributed by atoms with Crippen molar-refractivity contribution in [1.82, 2.24) is 15.2 Å². The number of nitrogens with one attached hydrogen (secondary N) is 1. The topological polar surface area (TPSA) is 170 Å². The van der Waals surface area contributed by atoms with Crippen molar-refractivity contribution in [3.05, 3.63) is 52.5 Å². The Bertz CT molecular complexity index is 1010. The van der Waals surface area contributed by atoms with Gasteiger partial charge in [-0.2, -0.15) is 0 Å². The molecule has 0 bridgehead atoms. The Morgan fingerprint density at radius 2 is 1.97 bits per heavy atom. The van der Waals surface area contributed by atoms with Gasteiger partial charge in [-0.25, -0.2) is 4.98 Å². The molecule has 1 saturated heterocycles. The lowest BCUT2D eigenvalue weighted by Gasteiger charge is -2.37. The van der Waals surface area contributed by atoms with Gasteiger partial charge in [-0.15, -0.1) is 11.3 Å². The summed E-state index contributed by atoms with van der Waals surface area (Å²) in [4.78, 5) is 49.2. The van der Waals surface area contributed by atoms with Gasteiger partial charge in [-0.3, -0.25) is 19.4 Å². The van der Waals surface area contributed by atoms with Gasteiger partial charge in [0.15, 0.2) is 11.0 Å². The van der Waals surface area contributed by atoms with E-state index in [-0.39, 0.29) is 23.6 Å². The third-order valence-corrected chi connectivity index (χ3v) is 6.71. The fourth-order valence-electron chi connectivity index (χ4n) is 4.17. The highest BCUT2D eigenvalue weighted by Crippen LogP contribution is 2.20. The molecule has 7 N–H and O–H groups in total. The quantitative estimate of drug-likeness (QED) is 0.153. The van der Waals surface area contributed by atoms with E-state index in [0.29, 0.717) is 43.8 Å². The molecule has 0 spiro atoms. The highest BCUT2D eigenvalue weighted by Gasteiger charge is 2.36. The van der Waals surface area contributed by atoms with E-state index in [2.05, 4.69) is 15.3 Å². The maximum absolute atomic E-state index is 13.3. The summed E-state index contributed by atoms with van der Waals surface area (Å²) < 4.78 is 0. The van der Waals surface area contributed by atoms with Crippen LogP contribution < -0.4 is 22.5 Å². The summed E-state index contributed by atoms with van der Waals surface area (Å²) in [6, 6.07) is 7.32. The molecular formula is C24H33N7O3S. The van der Waals surface area contributed by atoms with E-state index in [9.17, 15) is 14.4 Å². The second kappa shape index (κ2) is 13.0. The van der Waals surface area contributed by atoms with Crippen LogP contribution in [-0.4, -0.2) is 64.7 Å². The number of carbonyl (C=O) groups is 3. The van der Waals surface area contributed by atoms with Gasteiger partial charge in [0.25, 0.3) is 0 Å². The van der Waals surface area contributed by atoms with Crippen molar-refractivity contribution in [1.29, 1.82) is 0 Å². The molecule has 3 atom stereocenters. The molecule has 3 rings (SSSR count). The number of carbonyl (C=O) groups excluding carboxylic acids is 3. The number of hydrogen-bond donors (Lipinski definition) is 4. The Morgan fingerprint density at radius 3 is 2.66 bits per heavy atom. The van der Waals surface area contributed by atoms with E-state index in [1.54, 1.807) is 16.5 Å². The number of aliphatic imine (C=N–C) groups is 1. The highest BCUT2D eigenvalue weighted by molar-refractivity contribution is 7.11. The number of piperidine rings is 1. The van der Waals surface area contributed by atoms with Crippen LogP contribution in [0.3, 0.4) is 0 Å². The molecular weight excluding hydrogens is 466 g/mol. The molecule has 0 aliphatic carbocycles. The van der Waals surface area contributed by atoms with Gasteiger partial charge in [0.1, 0.15) is 6.04 Å². The lowest BCUT2D eigenvalue weighted by molar-refractivity contribution is -0.143. The van der Waals surface area contributed by atoms with Gasteiger partial charge in [-0.05, 0) is 44.1 Å². The second-order valence-corrected chi connectivity index (χ2v) is 9.45. The fourth-order valence-corrected chi connectivity index (χ4v) is 4.80. The van der Waals surface area contributed by atoms with Crippen LogP contribution in [0, 0.1) is 0 Å². The minimum absolute atomic E-state index is 0.0277. The van der Waals surface area contributed by atoms with Gasteiger partial charge < -0.3 is 27.4 Å². The van der Waals surface area contributed by atoms with Crippen LogP contribution >= 0.6 is 11.3 Å². The van der Waals surface area contributed by atoms with Crippen molar-refractivity contribution in [2.75, 3.05) is 13.1 Å². The largest absolute Gasteiger partial charge is 0.370 e. The van der Waals surface area contributed by atoms with Crippen molar-refractivity contribution in [3.63, 3.8) is 0 Å². The number of aromatic nitrogens is 1. The minimum atomic E-state index is -0.792. The number of thiazole rings is 1. The van der Waals surface area contributed by atoms with Crippen LogP contribution in [0.2, 0.25) is 0 Å². The average molecular weight is 500 g/mol. The fraction of sp³-hybridized carbons (Fsp3) is 0.458. The summed E-state index contributed by atoms with van der Waals surface area (Å²) in [6.07, 6.45) is 4.90. The molecule has 0 saturated carbocycles. The number of nitrogens with two attached hydrogens (primary N) is 3. The molecule has 0 unspecified atom stereocenters. The van der Waals surface area contributed by atoms with E-state index in [1.807, 2.05) is 30.3 Å². The summed E-state index contributed by atoms with van der Waals surface area (Å²) in [5.74, 6) is -0.918. The van der Waals surface area contributed by atoms with Crippen LogP contribution in [-0.2, 0) is 16.0 Å². The van der Waals surface area contributed by atoms with Crippen molar-refractivity contribution in [2.24, 2.45) is 22.2 Å². The smallest absolute Gasteiger partial charge is 0.243 e. The summed E-state index contributed by atoms with van der Waals surface area (Å²) in [7, 11) is 0. The zero-order chi connectivity index (χ0) is 25.2. The summed E-state index contributed by atoms with van der Waals surface area (Å²) in [5, 5.41) is 4.90. The molecule has 0 radical (unpaired) electrons. The molecule has 1 aromatic carbocycles.